The van der Waals surface area contributed by atoms with Gasteiger partial charge in [0.1, 0.15) is 6.04 Å². The van der Waals surface area contributed by atoms with Crippen LogP contribution < -0.4 is 10.6 Å². The summed E-state index contributed by atoms with van der Waals surface area (Å²) in [5.41, 5.74) is 0.713. The van der Waals surface area contributed by atoms with Gasteiger partial charge in [-0.25, -0.2) is 4.98 Å². The number of amides is 1. The number of carbonyl (C=O) groups excluding carboxylic acids is 1. The largest absolute Gasteiger partial charge is 0.382 e. The van der Waals surface area contributed by atoms with Gasteiger partial charge < -0.3 is 15.4 Å². The van der Waals surface area contributed by atoms with Gasteiger partial charge in [0, 0.05) is 13.3 Å². The summed E-state index contributed by atoms with van der Waals surface area (Å²) < 4.78 is 4.92. The van der Waals surface area contributed by atoms with Crippen molar-refractivity contribution in [1.29, 1.82) is 0 Å². The van der Waals surface area contributed by atoms with Crippen molar-refractivity contribution in [2.24, 2.45) is 0 Å². The molecule has 0 radical (unpaired) electrons. The van der Waals surface area contributed by atoms with Crippen LogP contribution in [-0.4, -0.2) is 30.6 Å². The topological polar surface area (TPSA) is 63.2 Å². The van der Waals surface area contributed by atoms with Gasteiger partial charge in [0.2, 0.25) is 5.91 Å². The van der Waals surface area contributed by atoms with Crippen molar-refractivity contribution in [1.82, 2.24) is 4.98 Å². The molecular formula is C9H11N3O2. The van der Waals surface area contributed by atoms with Crippen LogP contribution in [0, 0.1) is 0 Å². The molecule has 1 amide bonds. The first-order valence-electron chi connectivity index (χ1n) is 4.32. The van der Waals surface area contributed by atoms with Gasteiger partial charge in [-0.05, 0) is 12.1 Å². The zero-order valence-corrected chi connectivity index (χ0v) is 7.78. The standard InChI is InChI=1S/C9H11N3O2/c1-14-5-7-9(13)12-6-3-2-4-10-8(6)11-7/h2-4,7H,5H2,1H3,(H,10,11)(H,12,13). The van der Waals surface area contributed by atoms with Crippen LogP contribution in [-0.2, 0) is 9.53 Å². The molecule has 14 heavy (non-hydrogen) atoms. The summed E-state index contributed by atoms with van der Waals surface area (Å²) in [6.07, 6.45) is 1.67. The third-order valence-electron chi connectivity index (χ3n) is 2.03. The van der Waals surface area contributed by atoms with Crippen LogP contribution in [0.15, 0.2) is 18.3 Å². The van der Waals surface area contributed by atoms with Gasteiger partial charge in [0.25, 0.3) is 0 Å². The van der Waals surface area contributed by atoms with E-state index in [0.29, 0.717) is 18.1 Å². The third-order valence-corrected chi connectivity index (χ3v) is 2.03. The highest BCUT2D eigenvalue weighted by Gasteiger charge is 2.25. The number of ether oxygens (including phenoxy) is 1. The Kier molecular flexibility index (Phi) is 2.32. The van der Waals surface area contributed by atoms with Gasteiger partial charge in [-0.15, -0.1) is 0 Å². The van der Waals surface area contributed by atoms with Crippen LogP contribution in [0.4, 0.5) is 11.5 Å². The fraction of sp³-hybridized carbons (Fsp3) is 0.333. The number of aromatic nitrogens is 1. The summed E-state index contributed by atoms with van der Waals surface area (Å²) >= 11 is 0. The molecule has 2 heterocycles. The van der Waals surface area contributed by atoms with Crippen LogP contribution in [0.3, 0.4) is 0 Å². The number of nitrogens with zero attached hydrogens (tertiary/aromatic N) is 1. The minimum Gasteiger partial charge on any atom is -0.382 e. The van der Waals surface area contributed by atoms with Gasteiger partial charge in [0.15, 0.2) is 5.82 Å². The monoisotopic (exact) mass is 193 g/mol. The number of hydrogen-bond acceptors (Lipinski definition) is 4. The van der Waals surface area contributed by atoms with E-state index in [-0.39, 0.29) is 11.9 Å². The van der Waals surface area contributed by atoms with Gasteiger partial charge in [-0.3, -0.25) is 4.79 Å². The maximum Gasteiger partial charge on any atom is 0.249 e. The lowest BCUT2D eigenvalue weighted by Gasteiger charge is -2.24. The normalized spacial score (nSPS) is 19.5. The van der Waals surface area contributed by atoms with Gasteiger partial charge in [-0.2, -0.15) is 0 Å². The molecule has 5 nitrogen and oxygen atoms in total. The molecule has 0 aromatic carbocycles. The van der Waals surface area contributed by atoms with Crippen LogP contribution in [0.5, 0.6) is 0 Å². The summed E-state index contributed by atoms with van der Waals surface area (Å²) in [7, 11) is 1.56. The predicted octanol–water partition coefficient (Wildman–Crippen LogP) is 0.461. The molecule has 1 unspecified atom stereocenters. The number of anilines is 2. The number of hydrogen-bond donors (Lipinski definition) is 2. The van der Waals surface area contributed by atoms with E-state index in [1.807, 2.05) is 0 Å². The summed E-state index contributed by atoms with van der Waals surface area (Å²) in [6.45, 7) is 0.335. The van der Waals surface area contributed by atoms with Crippen LogP contribution in [0.2, 0.25) is 0 Å². The van der Waals surface area contributed by atoms with Crippen molar-refractivity contribution in [2.75, 3.05) is 24.4 Å². The maximum atomic E-state index is 11.5. The first kappa shape index (κ1) is 8.96. The Morgan fingerprint density at radius 2 is 2.50 bits per heavy atom. The number of fused-ring (bicyclic) bond motifs is 1. The highest BCUT2D eigenvalue weighted by atomic mass is 16.5. The second kappa shape index (κ2) is 3.63. The van der Waals surface area contributed by atoms with Crippen molar-refractivity contribution in [3.63, 3.8) is 0 Å². The summed E-state index contributed by atoms with van der Waals surface area (Å²) in [4.78, 5) is 15.6. The second-order valence-electron chi connectivity index (χ2n) is 3.04. The van der Waals surface area contributed by atoms with Crippen LogP contribution in [0.1, 0.15) is 0 Å². The highest BCUT2D eigenvalue weighted by molar-refractivity contribution is 6.02. The Morgan fingerprint density at radius 3 is 3.29 bits per heavy atom. The van der Waals surface area contributed by atoms with Crippen molar-refractivity contribution in [3.05, 3.63) is 18.3 Å². The van der Waals surface area contributed by atoms with Crippen LogP contribution in [0.25, 0.3) is 0 Å². The predicted molar refractivity (Wildman–Crippen MR) is 52.2 cm³/mol. The third kappa shape index (κ3) is 1.54. The number of carbonyl (C=O) groups is 1. The highest BCUT2D eigenvalue weighted by Crippen LogP contribution is 2.22. The van der Waals surface area contributed by atoms with E-state index in [4.69, 9.17) is 4.74 Å². The van der Waals surface area contributed by atoms with E-state index in [1.54, 1.807) is 25.4 Å². The van der Waals surface area contributed by atoms with Crippen molar-refractivity contribution < 1.29 is 9.53 Å². The molecule has 2 rings (SSSR count). The molecule has 1 aliphatic rings. The molecule has 0 saturated heterocycles. The molecule has 0 spiro atoms. The molecule has 2 N–H and O–H groups in total. The van der Waals surface area contributed by atoms with E-state index < -0.39 is 0 Å². The van der Waals surface area contributed by atoms with E-state index >= 15 is 0 Å². The lowest BCUT2D eigenvalue weighted by atomic mass is 10.2. The summed E-state index contributed by atoms with van der Waals surface area (Å²) in [6, 6.07) is 3.22. The zero-order chi connectivity index (χ0) is 9.97. The van der Waals surface area contributed by atoms with E-state index in [1.165, 1.54) is 0 Å². The first-order chi connectivity index (χ1) is 6.81. The summed E-state index contributed by atoms with van der Waals surface area (Å²) in [5.74, 6) is 0.599. The van der Waals surface area contributed by atoms with E-state index in [0.717, 1.165) is 0 Å². The molecule has 1 aliphatic heterocycles. The Balaban J connectivity index is 2.22. The SMILES string of the molecule is COCC1Nc2ncccc2NC1=O. The summed E-state index contributed by atoms with van der Waals surface area (Å²) in [5, 5.41) is 5.75. The molecule has 1 atom stereocenters. The van der Waals surface area contributed by atoms with Gasteiger partial charge >= 0.3 is 0 Å². The number of rotatable bonds is 2. The molecule has 1 aromatic rings. The van der Waals surface area contributed by atoms with E-state index in [9.17, 15) is 4.79 Å². The fourth-order valence-electron chi connectivity index (χ4n) is 1.36. The van der Waals surface area contributed by atoms with E-state index in [2.05, 4.69) is 15.6 Å². The Labute approximate surface area is 81.5 Å². The fourth-order valence-corrected chi connectivity index (χ4v) is 1.36. The smallest absolute Gasteiger partial charge is 0.249 e. The Bertz CT molecular complexity index is 354. The van der Waals surface area contributed by atoms with Crippen molar-refractivity contribution >= 4 is 17.4 Å². The Hall–Kier alpha value is -1.62. The van der Waals surface area contributed by atoms with Gasteiger partial charge in [0.05, 0.1) is 12.3 Å². The Morgan fingerprint density at radius 1 is 1.64 bits per heavy atom. The number of nitrogens with one attached hydrogen (secondary N) is 2. The first-order valence-corrected chi connectivity index (χ1v) is 4.32. The number of pyridine rings is 1. The quantitative estimate of drug-likeness (QED) is 0.716. The minimum absolute atomic E-state index is 0.0904. The molecule has 0 fully saturated rings. The van der Waals surface area contributed by atoms with Crippen molar-refractivity contribution in [2.45, 2.75) is 6.04 Å². The molecule has 0 bridgehead atoms. The average molecular weight is 193 g/mol. The molecule has 0 aliphatic carbocycles. The molecule has 5 heteroatoms. The van der Waals surface area contributed by atoms with Crippen LogP contribution >= 0.6 is 0 Å². The lowest BCUT2D eigenvalue weighted by Crippen LogP contribution is -2.42. The second-order valence-corrected chi connectivity index (χ2v) is 3.04. The molecular weight excluding hydrogens is 182 g/mol. The molecule has 0 saturated carbocycles. The molecule has 74 valence electrons. The zero-order valence-electron chi connectivity index (χ0n) is 7.78. The minimum atomic E-state index is -0.359. The molecule has 1 aromatic heterocycles. The van der Waals surface area contributed by atoms with Crippen molar-refractivity contribution in [3.8, 4) is 0 Å². The maximum absolute atomic E-state index is 11.5. The lowest BCUT2D eigenvalue weighted by molar-refractivity contribution is -0.118. The van der Waals surface area contributed by atoms with Gasteiger partial charge in [-0.1, -0.05) is 0 Å². The number of methoxy groups -OCH3 is 1. The average Bonchev–Trinajstić information content (AvgIpc) is 2.19.